The third kappa shape index (κ3) is 5.55. The second-order valence-corrected chi connectivity index (χ2v) is 6.86. The predicted molar refractivity (Wildman–Crippen MR) is 83.0 cm³/mol. The van der Waals surface area contributed by atoms with Crippen molar-refractivity contribution in [2.24, 2.45) is 5.73 Å². The number of thioether (sulfide) groups is 1. The summed E-state index contributed by atoms with van der Waals surface area (Å²) in [5, 5.41) is 0.725. The van der Waals surface area contributed by atoms with Crippen LogP contribution in [0.5, 0.6) is 0 Å². The normalized spacial score (nSPS) is 14.8. The first-order valence-electron chi connectivity index (χ1n) is 5.73. The Morgan fingerprint density at radius 3 is 2.50 bits per heavy atom. The lowest BCUT2D eigenvalue weighted by Crippen LogP contribution is -2.26. The highest BCUT2D eigenvalue weighted by Gasteiger charge is 2.07. The van der Waals surface area contributed by atoms with E-state index in [9.17, 15) is 0 Å². The molecule has 16 heavy (non-hydrogen) atoms. The summed E-state index contributed by atoms with van der Waals surface area (Å²) in [5.74, 6) is 1.06. The number of benzene rings is 1. The zero-order valence-corrected chi connectivity index (χ0v) is 12.9. The molecule has 0 aliphatic rings. The lowest BCUT2D eigenvalue weighted by molar-refractivity contribution is 0.745. The van der Waals surface area contributed by atoms with Crippen molar-refractivity contribution in [1.82, 2.24) is 0 Å². The van der Waals surface area contributed by atoms with Crippen LogP contribution < -0.4 is 5.73 Å². The lowest BCUT2D eigenvalue weighted by atomic mass is 10.1. The van der Waals surface area contributed by atoms with E-state index >= 15 is 0 Å². The summed E-state index contributed by atoms with van der Waals surface area (Å²) >= 11 is 4.31. The maximum atomic E-state index is 6.12. The van der Waals surface area contributed by atoms with Crippen LogP contribution in [0.4, 0.5) is 0 Å². The van der Waals surface area contributed by atoms with Crippen molar-refractivity contribution in [3.8, 4) is 0 Å². The molecule has 0 radical (unpaired) electrons. The van der Waals surface area contributed by atoms with E-state index in [0.717, 1.165) is 17.4 Å². The van der Waals surface area contributed by atoms with Crippen LogP contribution in [-0.4, -0.2) is 17.0 Å². The Balaban J connectivity index is 2.33. The van der Waals surface area contributed by atoms with E-state index in [1.165, 1.54) is 15.6 Å². The van der Waals surface area contributed by atoms with Crippen molar-refractivity contribution >= 4 is 34.4 Å². The summed E-state index contributed by atoms with van der Waals surface area (Å²) in [4.78, 5) is 0. The number of halogens is 1. The van der Waals surface area contributed by atoms with Gasteiger partial charge < -0.3 is 5.73 Å². The molecule has 0 aliphatic carbocycles. The van der Waals surface area contributed by atoms with E-state index in [4.69, 9.17) is 5.73 Å². The van der Waals surface area contributed by atoms with Crippen molar-refractivity contribution < 1.29 is 0 Å². The van der Waals surface area contributed by atoms with Gasteiger partial charge in [-0.25, -0.2) is 0 Å². The van der Waals surface area contributed by atoms with E-state index in [1.807, 2.05) is 11.8 Å². The molecule has 2 atom stereocenters. The molecule has 0 heterocycles. The Morgan fingerprint density at radius 2 is 1.94 bits per heavy atom. The summed E-state index contributed by atoms with van der Waals surface area (Å²) in [6.07, 6.45) is 2.21. The van der Waals surface area contributed by atoms with Crippen LogP contribution in [0.3, 0.4) is 0 Å². The zero-order chi connectivity index (χ0) is 12.0. The third-order valence-corrected chi connectivity index (χ3v) is 4.82. The van der Waals surface area contributed by atoms with Crippen LogP contribution in [0.1, 0.15) is 25.8 Å². The Morgan fingerprint density at radius 1 is 1.31 bits per heavy atom. The highest BCUT2D eigenvalue weighted by atomic mass is 127. The molecule has 1 rings (SSSR count). The van der Waals surface area contributed by atoms with E-state index in [2.05, 4.69) is 60.7 Å². The van der Waals surface area contributed by atoms with Gasteiger partial charge in [-0.1, -0.05) is 26.0 Å². The number of rotatable bonds is 6. The minimum absolute atomic E-state index is 0.277. The number of hydrogen-bond acceptors (Lipinski definition) is 2. The third-order valence-electron chi connectivity index (χ3n) is 2.58. The summed E-state index contributed by atoms with van der Waals surface area (Å²) in [6, 6.07) is 8.92. The quantitative estimate of drug-likeness (QED) is 0.793. The topological polar surface area (TPSA) is 26.0 Å². The minimum atomic E-state index is 0.277. The predicted octanol–water partition coefficient (Wildman–Crippen LogP) is 3.69. The van der Waals surface area contributed by atoms with Gasteiger partial charge >= 0.3 is 0 Å². The molecule has 3 heteroatoms. The second kappa shape index (κ2) is 7.56. The fourth-order valence-corrected chi connectivity index (χ4v) is 2.68. The van der Waals surface area contributed by atoms with E-state index in [0.29, 0.717) is 0 Å². The molecular weight excluding hydrogens is 329 g/mol. The Hall–Kier alpha value is 0.260. The molecular formula is C13H20INS. The van der Waals surface area contributed by atoms with Crippen LogP contribution in [-0.2, 0) is 6.42 Å². The highest BCUT2D eigenvalue weighted by Crippen LogP contribution is 2.16. The minimum Gasteiger partial charge on any atom is -0.327 e. The maximum absolute atomic E-state index is 6.12. The monoisotopic (exact) mass is 349 g/mol. The number of nitrogens with two attached hydrogens (primary N) is 1. The van der Waals surface area contributed by atoms with Gasteiger partial charge in [-0.3, -0.25) is 0 Å². The summed E-state index contributed by atoms with van der Waals surface area (Å²) in [7, 11) is 0. The van der Waals surface area contributed by atoms with Gasteiger partial charge in [-0.05, 0) is 53.1 Å². The Bertz CT molecular complexity index is 299. The largest absolute Gasteiger partial charge is 0.327 e. The first kappa shape index (κ1) is 14.3. The molecule has 0 spiro atoms. The second-order valence-electron chi connectivity index (χ2n) is 4.14. The van der Waals surface area contributed by atoms with Crippen molar-refractivity contribution in [2.45, 2.75) is 38.0 Å². The summed E-state index contributed by atoms with van der Waals surface area (Å²) < 4.78 is 1.28. The van der Waals surface area contributed by atoms with Gasteiger partial charge in [-0.2, -0.15) is 11.8 Å². The molecule has 1 aromatic carbocycles. The molecule has 0 saturated heterocycles. The molecule has 2 N–H and O–H groups in total. The van der Waals surface area contributed by atoms with E-state index in [-0.39, 0.29) is 6.04 Å². The van der Waals surface area contributed by atoms with E-state index in [1.54, 1.807) is 0 Å². The lowest BCUT2D eigenvalue weighted by Gasteiger charge is -2.14. The van der Waals surface area contributed by atoms with Gasteiger partial charge in [0.05, 0.1) is 0 Å². The Labute approximate surface area is 117 Å². The van der Waals surface area contributed by atoms with Gasteiger partial charge in [0.2, 0.25) is 0 Å². The molecule has 1 nitrogen and oxygen atoms in total. The van der Waals surface area contributed by atoms with Crippen LogP contribution in [0.25, 0.3) is 0 Å². The van der Waals surface area contributed by atoms with Gasteiger partial charge in [0.15, 0.2) is 0 Å². The fraction of sp³-hybridized carbons (Fsp3) is 0.538. The van der Waals surface area contributed by atoms with Gasteiger partial charge in [-0.15, -0.1) is 0 Å². The summed E-state index contributed by atoms with van der Waals surface area (Å²) in [6.45, 7) is 4.49. The first-order valence-corrected chi connectivity index (χ1v) is 7.86. The van der Waals surface area contributed by atoms with E-state index < -0.39 is 0 Å². The average Bonchev–Trinajstić information content (AvgIpc) is 2.29. The smallest absolute Gasteiger partial charge is 0.0171 e. The first-order chi connectivity index (χ1) is 7.61. The molecule has 0 fully saturated rings. The molecule has 1 aromatic rings. The van der Waals surface area contributed by atoms with Crippen LogP contribution in [0.15, 0.2) is 24.3 Å². The van der Waals surface area contributed by atoms with Crippen molar-refractivity contribution in [3.05, 3.63) is 33.4 Å². The molecule has 0 bridgehead atoms. The molecule has 0 amide bonds. The number of hydrogen-bond donors (Lipinski definition) is 1. The van der Waals surface area contributed by atoms with Crippen molar-refractivity contribution in [2.75, 3.05) is 5.75 Å². The molecule has 2 unspecified atom stereocenters. The SMILES string of the molecule is CCC(C)SCC(N)Cc1ccc(I)cc1. The average molecular weight is 349 g/mol. The van der Waals surface area contributed by atoms with Crippen LogP contribution >= 0.6 is 34.4 Å². The fourth-order valence-electron chi connectivity index (χ4n) is 1.39. The maximum Gasteiger partial charge on any atom is 0.0171 e. The standard InChI is InChI=1S/C13H20INS/c1-3-10(2)16-9-13(15)8-11-4-6-12(14)7-5-11/h4-7,10,13H,3,8-9,15H2,1-2H3. The zero-order valence-electron chi connectivity index (χ0n) is 9.95. The van der Waals surface area contributed by atoms with Crippen molar-refractivity contribution in [1.29, 1.82) is 0 Å². The molecule has 0 aliphatic heterocycles. The van der Waals surface area contributed by atoms with Gasteiger partial charge in [0.1, 0.15) is 0 Å². The van der Waals surface area contributed by atoms with Crippen LogP contribution in [0.2, 0.25) is 0 Å². The molecule has 0 aromatic heterocycles. The molecule has 0 saturated carbocycles. The van der Waals surface area contributed by atoms with Crippen LogP contribution in [0, 0.1) is 3.57 Å². The van der Waals surface area contributed by atoms with Gasteiger partial charge in [0, 0.05) is 20.6 Å². The Kier molecular flexibility index (Phi) is 6.77. The van der Waals surface area contributed by atoms with Gasteiger partial charge in [0.25, 0.3) is 0 Å². The summed E-state index contributed by atoms with van der Waals surface area (Å²) in [5.41, 5.74) is 7.47. The highest BCUT2D eigenvalue weighted by molar-refractivity contribution is 14.1. The molecule has 90 valence electrons. The van der Waals surface area contributed by atoms with Crippen molar-refractivity contribution in [3.63, 3.8) is 0 Å².